The molecule has 2 heterocycles. The highest BCUT2D eigenvalue weighted by atomic mass is 16.1. The van der Waals surface area contributed by atoms with Crippen molar-refractivity contribution in [2.45, 2.75) is 13.8 Å². The lowest BCUT2D eigenvalue weighted by Gasteiger charge is -2.03. The first-order valence-electron chi connectivity index (χ1n) is 4.13. The number of aromatic nitrogens is 2. The lowest BCUT2D eigenvalue weighted by Crippen LogP contribution is -2.10. The maximum atomic E-state index is 11.1. The molecular formula is C10H10N2O. The van der Waals surface area contributed by atoms with Crippen molar-refractivity contribution in [2.75, 3.05) is 0 Å². The maximum Gasteiger partial charge on any atom is 0.273 e. The monoisotopic (exact) mass is 174 g/mol. The summed E-state index contributed by atoms with van der Waals surface area (Å²) in [5.41, 5.74) is 2.56. The second-order valence-electron chi connectivity index (χ2n) is 3.17. The van der Waals surface area contributed by atoms with E-state index in [1.54, 1.807) is 0 Å². The van der Waals surface area contributed by atoms with Crippen LogP contribution in [0.5, 0.6) is 0 Å². The highest BCUT2D eigenvalue weighted by Crippen LogP contribution is 2.04. The highest BCUT2D eigenvalue weighted by molar-refractivity contribution is 5.41. The number of hydrogen-bond donors (Lipinski definition) is 0. The Hall–Kier alpha value is -1.64. The molecule has 3 nitrogen and oxygen atoms in total. The highest BCUT2D eigenvalue weighted by Gasteiger charge is 1.97. The summed E-state index contributed by atoms with van der Waals surface area (Å²) in [6, 6.07) is 5.42. The molecular weight excluding hydrogens is 164 g/mol. The van der Waals surface area contributed by atoms with Gasteiger partial charge >= 0.3 is 0 Å². The number of pyridine rings is 1. The van der Waals surface area contributed by atoms with Crippen molar-refractivity contribution in [3.63, 3.8) is 0 Å². The Bertz CT molecular complexity index is 514. The summed E-state index contributed by atoms with van der Waals surface area (Å²) >= 11 is 0. The molecule has 0 radical (unpaired) electrons. The molecule has 13 heavy (non-hydrogen) atoms. The van der Waals surface area contributed by atoms with Crippen molar-refractivity contribution < 1.29 is 0 Å². The molecule has 0 saturated carbocycles. The summed E-state index contributed by atoms with van der Waals surface area (Å²) in [5.74, 6) is 0. The molecule has 0 amide bonds. The first kappa shape index (κ1) is 7.98. The van der Waals surface area contributed by atoms with Gasteiger partial charge in [0, 0.05) is 18.0 Å². The van der Waals surface area contributed by atoms with Crippen LogP contribution in [0.3, 0.4) is 0 Å². The van der Waals surface area contributed by atoms with Gasteiger partial charge in [0.25, 0.3) is 5.56 Å². The summed E-state index contributed by atoms with van der Waals surface area (Å²) in [7, 11) is 0. The standard InChI is InChI=1S/C10H10N2O/c1-7-3-4-12-8(2)6-10(13)11-9(12)5-7/h3-6H,1-2H3. The normalized spacial score (nSPS) is 10.6. The van der Waals surface area contributed by atoms with Crippen LogP contribution in [0, 0.1) is 13.8 Å². The molecule has 2 rings (SSSR count). The smallest absolute Gasteiger partial charge is 0.273 e. The maximum absolute atomic E-state index is 11.1. The van der Waals surface area contributed by atoms with E-state index >= 15 is 0 Å². The van der Waals surface area contributed by atoms with Gasteiger partial charge in [-0.15, -0.1) is 0 Å². The third kappa shape index (κ3) is 1.33. The van der Waals surface area contributed by atoms with E-state index in [1.807, 2.05) is 36.6 Å². The lowest BCUT2D eigenvalue weighted by atomic mass is 10.3. The van der Waals surface area contributed by atoms with Gasteiger partial charge < -0.3 is 4.40 Å². The zero-order valence-corrected chi connectivity index (χ0v) is 7.61. The molecule has 0 aliphatic carbocycles. The van der Waals surface area contributed by atoms with Gasteiger partial charge in [-0.1, -0.05) is 0 Å². The summed E-state index contributed by atoms with van der Waals surface area (Å²) in [4.78, 5) is 15.0. The van der Waals surface area contributed by atoms with E-state index in [2.05, 4.69) is 4.98 Å². The van der Waals surface area contributed by atoms with E-state index in [4.69, 9.17) is 0 Å². The fourth-order valence-corrected chi connectivity index (χ4v) is 1.37. The molecule has 0 aromatic carbocycles. The van der Waals surface area contributed by atoms with E-state index in [0.717, 1.165) is 11.3 Å². The Balaban J connectivity index is 2.94. The van der Waals surface area contributed by atoms with Crippen LogP contribution < -0.4 is 5.56 Å². The van der Waals surface area contributed by atoms with Crippen molar-refractivity contribution >= 4 is 5.65 Å². The number of rotatable bonds is 0. The molecule has 0 atom stereocenters. The molecule has 0 fully saturated rings. The van der Waals surface area contributed by atoms with E-state index in [0.29, 0.717) is 5.65 Å². The quantitative estimate of drug-likeness (QED) is 0.603. The second-order valence-corrected chi connectivity index (χ2v) is 3.17. The molecule has 66 valence electrons. The molecule has 0 bridgehead atoms. The van der Waals surface area contributed by atoms with E-state index in [-0.39, 0.29) is 5.56 Å². The van der Waals surface area contributed by atoms with Crippen LogP contribution in [0.15, 0.2) is 29.2 Å². The van der Waals surface area contributed by atoms with Crippen LogP contribution in [-0.4, -0.2) is 9.38 Å². The van der Waals surface area contributed by atoms with E-state index in [9.17, 15) is 4.79 Å². The van der Waals surface area contributed by atoms with Gasteiger partial charge in [-0.25, -0.2) is 0 Å². The van der Waals surface area contributed by atoms with Gasteiger partial charge in [0.2, 0.25) is 0 Å². The zero-order chi connectivity index (χ0) is 9.42. The Morgan fingerprint density at radius 1 is 1.31 bits per heavy atom. The van der Waals surface area contributed by atoms with Gasteiger partial charge in [0.15, 0.2) is 0 Å². The molecule has 0 aliphatic heterocycles. The Morgan fingerprint density at radius 3 is 2.85 bits per heavy atom. The van der Waals surface area contributed by atoms with Gasteiger partial charge in [-0.05, 0) is 31.5 Å². The van der Waals surface area contributed by atoms with Gasteiger partial charge in [0.05, 0.1) is 0 Å². The third-order valence-corrected chi connectivity index (χ3v) is 2.03. The average molecular weight is 174 g/mol. The van der Waals surface area contributed by atoms with Gasteiger partial charge in [0.1, 0.15) is 5.65 Å². The molecule has 2 aromatic heterocycles. The van der Waals surface area contributed by atoms with Crippen LogP contribution >= 0.6 is 0 Å². The number of aryl methyl sites for hydroxylation is 2. The Labute approximate surface area is 75.7 Å². The zero-order valence-electron chi connectivity index (χ0n) is 7.61. The van der Waals surface area contributed by atoms with Crippen molar-refractivity contribution in [1.29, 1.82) is 0 Å². The molecule has 2 aromatic rings. The SMILES string of the molecule is Cc1ccn2c(C)cc(=O)nc2c1. The number of hydrogen-bond acceptors (Lipinski definition) is 2. The fourth-order valence-electron chi connectivity index (χ4n) is 1.37. The molecule has 0 saturated heterocycles. The third-order valence-electron chi connectivity index (χ3n) is 2.03. The predicted molar refractivity (Wildman–Crippen MR) is 50.9 cm³/mol. The van der Waals surface area contributed by atoms with Crippen molar-refractivity contribution in [3.05, 3.63) is 46.0 Å². The minimum absolute atomic E-state index is 0.178. The van der Waals surface area contributed by atoms with Crippen LogP contribution in [0.4, 0.5) is 0 Å². The summed E-state index contributed by atoms with van der Waals surface area (Å²) in [6.45, 7) is 3.87. The minimum Gasteiger partial charge on any atom is -0.306 e. The molecule has 0 spiro atoms. The Morgan fingerprint density at radius 2 is 2.08 bits per heavy atom. The molecule has 0 aliphatic rings. The van der Waals surface area contributed by atoms with Crippen LogP contribution in [-0.2, 0) is 0 Å². The van der Waals surface area contributed by atoms with Crippen molar-refractivity contribution in [3.8, 4) is 0 Å². The van der Waals surface area contributed by atoms with Gasteiger partial charge in [-0.3, -0.25) is 4.79 Å². The predicted octanol–water partition coefficient (Wildman–Crippen LogP) is 1.31. The van der Waals surface area contributed by atoms with E-state index in [1.165, 1.54) is 6.07 Å². The van der Waals surface area contributed by atoms with Crippen LogP contribution in [0.2, 0.25) is 0 Å². The summed E-state index contributed by atoms with van der Waals surface area (Å²) in [5, 5.41) is 0. The lowest BCUT2D eigenvalue weighted by molar-refractivity contribution is 1.01. The van der Waals surface area contributed by atoms with Crippen molar-refractivity contribution in [1.82, 2.24) is 9.38 Å². The van der Waals surface area contributed by atoms with E-state index < -0.39 is 0 Å². The number of nitrogens with zero attached hydrogens (tertiary/aromatic N) is 2. The average Bonchev–Trinajstić information content (AvgIpc) is 2.02. The molecule has 3 heteroatoms. The summed E-state index contributed by atoms with van der Waals surface area (Å²) in [6.07, 6.45) is 1.92. The van der Waals surface area contributed by atoms with Crippen LogP contribution in [0.1, 0.15) is 11.3 Å². The summed E-state index contributed by atoms with van der Waals surface area (Å²) < 4.78 is 1.90. The largest absolute Gasteiger partial charge is 0.306 e. The first-order valence-corrected chi connectivity index (χ1v) is 4.13. The molecule has 0 unspecified atom stereocenters. The minimum atomic E-state index is -0.178. The first-order chi connectivity index (χ1) is 6.16. The Kier molecular flexibility index (Phi) is 1.65. The van der Waals surface area contributed by atoms with Gasteiger partial charge in [-0.2, -0.15) is 4.98 Å². The number of fused-ring (bicyclic) bond motifs is 1. The molecule has 0 N–H and O–H groups in total. The second kappa shape index (κ2) is 2.69. The fraction of sp³-hybridized carbons (Fsp3) is 0.200. The van der Waals surface area contributed by atoms with Crippen LogP contribution in [0.25, 0.3) is 5.65 Å². The topological polar surface area (TPSA) is 34.4 Å². The van der Waals surface area contributed by atoms with Crippen molar-refractivity contribution in [2.24, 2.45) is 0 Å².